The molecule has 0 bridgehead atoms. The van der Waals surface area contributed by atoms with Gasteiger partial charge in [0.25, 0.3) is 0 Å². The van der Waals surface area contributed by atoms with E-state index in [9.17, 15) is 63.0 Å². The fourth-order valence-corrected chi connectivity index (χ4v) is 12.5. The number of benzene rings is 4. The summed E-state index contributed by atoms with van der Waals surface area (Å²) < 4.78 is 61.3. The molecule has 0 amide bonds. The highest BCUT2D eigenvalue weighted by atomic mass is 16.6. The Morgan fingerprint density at radius 2 is 0.574 bits per heavy atom. The zero-order valence-corrected chi connectivity index (χ0v) is 70.6. The van der Waals surface area contributed by atoms with E-state index in [2.05, 4.69) is 24.3 Å². The number of methoxy groups -OCH3 is 1. The highest BCUT2D eigenvalue weighted by molar-refractivity contribution is 5.94. The van der Waals surface area contributed by atoms with Crippen molar-refractivity contribution in [2.75, 3.05) is 152 Å². The summed E-state index contributed by atoms with van der Waals surface area (Å²) in [4.78, 5) is 139. The lowest BCUT2D eigenvalue weighted by Gasteiger charge is -2.28. The van der Waals surface area contributed by atoms with E-state index in [1.807, 2.05) is 60.7 Å². The van der Waals surface area contributed by atoms with E-state index in [0.29, 0.717) is 44.2 Å². The number of carbonyl (C=O) groups excluding carboxylic acids is 11. The van der Waals surface area contributed by atoms with Crippen LogP contribution in [0.4, 0.5) is 0 Å². The standard InChI is InChI=1S/C32H37NO8.C30H33NO8.C16H29NO4.C15H25NO5/c34-29(38-22-26-10-4-1-5-11-26)14-16-31(36)40-24-28(18-21-33-19-8-3-9-20-33)25-41-32(37)17-15-30(35)39-23-27-12-6-2-7-13-27;32-27(14-16-29(34)38-25-10-4-1-5-11-25)36-22-24(18-21-31-19-8-3-9-20-31)23-37-28(33)15-17-30(35)39-26-12-6-2-7-13-26;1-2-21-16(19)7-6-12-20-14-15(13-18)8-11-17-9-4-3-5-10-17;1-20-14(18)5-6-15(19)21-12-13(11-17)7-10-16-8-3-2-4-9-16/h1-2,4-7,10-17,28H,3,8-9,18-25H2;1-2,4-7,10-17,24H,3,8-9,18-23H2;6-7,15,18H,2-5,8-14H2,1H3;5-6,13,17H,2-4,7-12H2,1H3/b2*16-14+,17-15+;7-6+;6-5+. The van der Waals surface area contributed by atoms with Crippen LogP contribution in [0.2, 0.25) is 0 Å². The normalized spacial score (nSPS) is 15.2. The molecule has 29 nitrogen and oxygen atoms in total. The number of aliphatic hydroxyl groups is 2. The monoisotopic (exact) mass is 1700 g/mol. The molecule has 2 N–H and O–H groups in total. The molecule has 2 unspecified atom stereocenters. The molecule has 0 aromatic heterocycles. The van der Waals surface area contributed by atoms with Gasteiger partial charge in [-0.3, -0.25) is 0 Å². The maximum absolute atomic E-state index is 12.2. The number of piperidine rings is 4. The van der Waals surface area contributed by atoms with Gasteiger partial charge in [0, 0.05) is 104 Å². The largest absolute Gasteiger partial charge is 0.466 e. The van der Waals surface area contributed by atoms with Crippen LogP contribution in [-0.4, -0.2) is 247 Å². The van der Waals surface area contributed by atoms with Gasteiger partial charge >= 0.3 is 65.7 Å². The van der Waals surface area contributed by atoms with Crippen molar-refractivity contribution in [2.45, 2.75) is 123 Å². The maximum atomic E-state index is 12.2. The Morgan fingerprint density at radius 1 is 0.311 bits per heavy atom. The Hall–Kier alpha value is -10.8. The van der Waals surface area contributed by atoms with E-state index in [1.165, 1.54) is 77.6 Å². The van der Waals surface area contributed by atoms with Gasteiger partial charge in [0.2, 0.25) is 0 Å². The molecule has 4 aliphatic rings. The minimum Gasteiger partial charge on any atom is -0.466 e. The van der Waals surface area contributed by atoms with Gasteiger partial charge in [0.05, 0.1) is 60.0 Å². The number of aliphatic hydroxyl groups excluding tert-OH is 2. The average molecular weight is 1700 g/mol. The third-order valence-electron chi connectivity index (χ3n) is 19.5. The first-order valence-electron chi connectivity index (χ1n) is 42.2. The predicted octanol–water partition coefficient (Wildman–Crippen LogP) is 10.4. The van der Waals surface area contributed by atoms with Crippen LogP contribution in [0.25, 0.3) is 0 Å². The van der Waals surface area contributed by atoms with E-state index < -0.39 is 59.7 Å². The van der Waals surface area contributed by atoms with E-state index in [1.54, 1.807) is 73.7 Å². The lowest BCUT2D eigenvalue weighted by Crippen LogP contribution is -2.33. The van der Waals surface area contributed by atoms with Crippen LogP contribution in [0.3, 0.4) is 0 Å². The number of hydrogen-bond acceptors (Lipinski definition) is 29. The Morgan fingerprint density at radius 3 is 0.877 bits per heavy atom. The molecular formula is C93H124N4O25. The minimum atomic E-state index is -0.710. The second-order valence-electron chi connectivity index (χ2n) is 29.3. The van der Waals surface area contributed by atoms with E-state index in [0.717, 1.165) is 176 Å². The molecule has 29 heteroatoms. The van der Waals surface area contributed by atoms with E-state index >= 15 is 0 Å². The summed E-state index contributed by atoms with van der Waals surface area (Å²) in [7, 11) is 1.24. The molecule has 2 atom stereocenters. The SMILES string of the molecule is CCOC(=O)/C=C/COCC(CO)CCN1CCCCC1.COC(=O)/C=C/C(=O)OCC(CO)CCN1CCCCC1.O=C(/C=C/C(=O)OCC(CCN1CCCCC1)COC(=O)/C=C/C(=O)OCc1ccccc1)OCc1ccccc1.O=C(/C=C/C(=O)Oc1ccccc1)OCC(CCN1CCCCC1)COC(=O)/C=C/C(=O)Oc1ccccc1. The second kappa shape index (κ2) is 65.0. The zero-order chi connectivity index (χ0) is 87.7. The number of hydrogen-bond donors (Lipinski definition) is 2. The van der Waals surface area contributed by atoms with Crippen molar-refractivity contribution in [1.82, 2.24) is 19.6 Å². The lowest BCUT2D eigenvalue weighted by molar-refractivity contribution is -0.145. The molecule has 4 aromatic carbocycles. The summed E-state index contributed by atoms with van der Waals surface area (Å²) in [5.74, 6) is -6.78. The quantitative estimate of drug-likeness (QED) is 0.0136. The van der Waals surface area contributed by atoms with Gasteiger partial charge in [-0.2, -0.15) is 0 Å². The smallest absolute Gasteiger partial charge is 0.336 e. The number of likely N-dealkylation sites (tertiary alicyclic amines) is 4. The van der Waals surface area contributed by atoms with Crippen LogP contribution in [0.15, 0.2) is 194 Å². The van der Waals surface area contributed by atoms with Gasteiger partial charge in [-0.05, 0) is 198 Å². The number of nitrogens with zero attached hydrogens (tertiary/aromatic N) is 4. The van der Waals surface area contributed by atoms with Gasteiger partial charge in [0.15, 0.2) is 0 Å². The second-order valence-corrected chi connectivity index (χ2v) is 29.3. The predicted molar refractivity (Wildman–Crippen MR) is 453 cm³/mol. The summed E-state index contributed by atoms with van der Waals surface area (Å²) in [6.07, 6.45) is 30.9. The van der Waals surface area contributed by atoms with Gasteiger partial charge < -0.3 is 86.7 Å². The summed E-state index contributed by atoms with van der Waals surface area (Å²) in [6, 6.07) is 35.4. The number of carbonyl (C=O) groups is 11. The van der Waals surface area contributed by atoms with Crippen LogP contribution >= 0.6 is 0 Å². The third-order valence-corrected chi connectivity index (χ3v) is 19.5. The van der Waals surface area contributed by atoms with Crippen LogP contribution in [-0.2, 0) is 113 Å². The van der Waals surface area contributed by atoms with Crippen LogP contribution < -0.4 is 9.47 Å². The Balaban J connectivity index is 0.000000303. The Labute approximate surface area is 716 Å². The molecule has 4 aromatic rings. The van der Waals surface area contributed by atoms with Crippen molar-refractivity contribution < 1.29 is 120 Å². The zero-order valence-electron chi connectivity index (χ0n) is 70.6. The number of rotatable bonds is 46. The molecule has 0 aliphatic carbocycles. The molecule has 4 fully saturated rings. The van der Waals surface area contributed by atoms with Gasteiger partial charge in [-0.15, -0.1) is 0 Å². The average Bonchev–Trinajstić information content (AvgIpc) is 0.965. The molecular weight excluding hydrogens is 1570 g/mol. The number of para-hydroxylation sites is 2. The van der Waals surface area contributed by atoms with Crippen molar-refractivity contribution in [3.8, 4) is 11.5 Å². The Bertz CT molecular complexity index is 3670. The van der Waals surface area contributed by atoms with Crippen molar-refractivity contribution in [1.29, 1.82) is 0 Å². The first-order chi connectivity index (χ1) is 59.4. The van der Waals surface area contributed by atoms with Gasteiger partial charge in [-0.1, -0.05) is 129 Å². The van der Waals surface area contributed by atoms with E-state index in [-0.39, 0.29) is 89.1 Å². The topological polar surface area (TPSA) is 352 Å². The summed E-state index contributed by atoms with van der Waals surface area (Å²) in [5.41, 5.74) is 1.67. The van der Waals surface area contributed by atoms with Gasteiger partial charge in [-0.25, -0.2) is 52.7 Å². The van der Waals surface area contributed by atoms with Crippen LogP contribution in [0.1, 0.15) is 121 Å². The van der Waals surface area contributed by atoms with Crippen molar-refractivity contribution in [3.63, 3.8) is 0 Å². The van der Waals surface area contributed by atoms with Crippen LogP contribution in [0.5, 0.6) is 11.5 Å². The third kappa shape index (κ3) is 51.1. The first kappa shape index (κ1) is 102. The highest BCUT2D eigenvalue weighted by Gasteiger charge is 2.22. The summed E-state index contributed by atoms with van der Waals surface area (Å²) in [5, 5.41) is 18.7. The molecule has 0 spiro atoms. The fourth-order valence-electron chi connectivity index (χ4n) is 12.5. The Kier molecular flexibility index (Phi) is 54.2. The van der Waals surface area contributed by atoms with Gasteiger partial charge in [0.1, 0.15) is 24.7 Å². The molecule has 666 valence electrons. The van der Waals surface area contributed by atoms with Crippen molar-refractivity contribution in [3.05, 3.63) is 205 Å². The molecule has 8 rings (SSSR count). The maximum Gasteiger partial charge on any atom is 0.336 e. The highest BCUT2D eigenvalue weighted by Crippen LogP contribution is 2.19. The molecule has 122 heavy (non-hydrogen) atoms. The van der Waals surface area contributed by atoms with E-state index in [4.69, 9.17) is 52.1 Å². The van der Waals surface area contributed by atoms with Crippen molar-refractivity contribution in [2.24, 2.45) is 23.7 Å². The first-order valence-corrected chi connectivity index (χ1v) is 42.2. The molecule has 4 saturated heterocycles. The molecule has 0 radical (unpaired) electrons. The van der Waals surface area contributed by atoms with Crippen LogP contribution in [0, 0.1) is 23.7 Å². The number of esters is 11. The fraction of sp³-hybridized carbons (Fsp3) is 0.495. The summed E-state index contributed by atoms with van der Waals surface area (Å²) in [6.45, 7) is 15.7. The number of ether oxygens (including phenoxy) is 12. The molecule has 0 saturated carbocycles. The lowest BCUT2D eigenvalue weighted by atomic mass is 10.1. The van der Waals surface area contributed by atoms with Crippen molar-refractivity contribution >= 4 is 65.7 Å². The molecule has 4 aliphatic heterocycles. The summed E-state index contributed by atoms with van der Waals surface area (Å²) >= 11 is 0. The minimum absolute atomic E-state index is 0.00219. The molecule has 4 heterocycles.